The third-order valence-corrected chi connectivity index (χ3v) is 4.12. The average molecular weight is 241 g/mol. The van der Waals surface area contributed by atoms with E-state index in [1.165, 1.54) is 45.1 Å². The number of likely N-dealkylation sites (tertiary alicyclic amines) is 1. The molecule has 1 unspecified atom stereocenters. The van der Waals surface area contributed by atoms with Gasteiger partial charge in [-0.2, -0.15) is 0 Å². The van der Waals surface area contributed by atoms with Gasteiger partial charge >= 0.3 is 0 Å². The minimum Gasteiger partial charge on any atom is -0.361 e. The second-order valence-electron chi connectivity index (χ2n) is 5.11. The van der Waals surface area contributed by atoms with Crippen LogP contribution in [0.2, 0.25) is 0 Å². The summed E-state index contributed by atoms with van der Waals surface area (Å²) in [5.41, 5.74) is 0. The van der Waals surface area contributed by atoms with Gasteiger partial charge in [0.15, 0.2) is 5.11 Å². The fourth-order valence-electron chi connectivity index (χ4n) is 2.75. The van der Waals surface area contributed by atoms with Crippen molar-refractivity contribution < 1.29 is 0 Å². The molecular formula is C12H23N3S. The highest BCUT2D eigenvalue weighted by Gasteiger charge is 2.21. The molecule has 4 heteroatoms. The van der Waals surface area contributed by atoms with E-state index < -0.39 is 0 Å². The number of thiocarbonyl (C=S) groups is 1. The van der Waals surface area contributed by atoms with Crippen molar-refractivity contribution in [2.45, 2.75) is 50.6 Å². The van der Waals surface area contributed by atoms with Gasteiger partial charge in [0.25, 0.3) is 0 Å². The van der Waals surface area contributed by atoms with E-state index in [4.69, 9.17) is 12.2 Å². The van der Waals surface area contributed by atoms with Gasteiger partial charge in [-0.1, -0.05) is 12.8 Å². The molecular weight excluding hydrogens is 218 g/mol. The van der Waals surface area contributed by atoms with Crippen molar-refractivity contribution in [2.24, 2.45) is 0 Å². The molecule has 16 heavy (non-hydrogen) atoms. The van der Waals surface area contributed by atoms with Gasteiger partial charge in [-0.25, -0.2) is 0 Å². The number of likely N-dealkylation sites (N-methyl/N-ethyl adjacent to an activating group) is 1. The monoisotopic (exact) mass is 241 g/mol. The van der Waals surface area contributed by atoms with Crippen LogP contribution in [0.15, 0.2) is 0 Å². The Labute approximate surface area is 104 Å². The van der Waals surface area contributed by atoms with Crippen molar-refractivity contribution in [3.8, 4) is 0 Å². The molecule has 2 aliphatic rings. The van der Waals surface area contributed by atoms with Crippen LogP contribution < -0.4 is 10.6 Å². The summed E-state index contributed by atoms with van der Waals surface area (Å²) >= 11 is 5.32. The first kappa shape index (κ1) is 12.1. The van der Waals surface area contributed by atoms with E-state index in [2.05, 4.69) is 22.6 Å². The molecule has 1 saturated heterocycles. The van der Waals surface area contributed by atoms with Gasteiger partial charge in [0, 0.05) is 18.6 Å². The first-order chi connectivity index (χ1) is 7.75. The molecule has 0 aromatic carbocycles. The van der Waals surface area contributed by atoms with E-state index in [9.17, 15) is 0 Å². The fraction of sp³-hybridized carbons (Fsp3) is 0.917. The molecule has 2 rings (SSSR count). The van der Waals surface area contributed by atoms with Crippen molar-refractivity contribution >= 4 is 17.3 Å². The summed E-state index contributed by atoms with van der Waals surface area (Å²) in [5.74, 6) is 0. The lowest BCUT2D eigenvalue weighted by atomic mass is 10.2. The summed E-state index contributed by atoms with van der Waals surface area (Å²) in [4.78, 5) is 2.42. The van der Waals surface area contributed by atoms with Crippen LogP contribution in [0.3, 0.4) is 0 Å². The zero-order valence-corrected chi connectivity index (χ0v) is 11.0. The van der Waals surface area contributed by atoms with Crippen LogP contribution in [-0.2, 0) is 0 Å². The van der Waals surface area contributed by atoms with Crippen molar-refractivity contribution in [3.63, 3.8) is 0 Å². The number of rotatable bonds is 3. The molecule has 2 N–H and O–H groups in total. The molecule has 2 fully saturated rings. The normalized spacial score (nSPS) is 27.2. The Bertz CT molecular complexity index is 238. The first-order valence-corrected chi connectivity index (χ1v) is 6.91. The van der Waals surface area contributed by atoms with Crippen LogP contribution in [0.5, 0.6) is 0 Å². The van der Waals surface area contributed by atoms with Crippen LogP contribution in [0.4, 0.5) is 0 Å². The summed E-state index contributed by atoms with van der Waals surface area (Å²) in [6, 6.07) is 1.30. The van der Waals surface area contributed by atoms with E-state index in [0.29, 0.717) is 12.1 Å². The number of hydrogen-bond acceptors (Lipinski definition) is 2. The van der Waals surface area contributed by atoms with Gasteiger partial charge < -0.3 is 15.5 Å². The Morgan fingerprint density at radius 1 is 1.25 bits per heavy atom. The molecule has 0 bridgehead atoms. The van der Waals surface area contributed by atoms with Gasteiger partial charge in [0.05, 0.1) is 0 Å². The maximum absolute atomic E-state index is 5.32. The molecule has 1 aliphatic heterocycles. The largest absolute Gasteiger partial charge is 0.361 e. The summed E-state index contributed by atoms with van der Waals surface area (Å²) in [5, 5.41) is 7.63. The molecule has 1 aliphatic carbocycles. The minimum absolute atomic E-state index is 0.626. The van der Waals surface area contributed by atoms with Crippen molar-refractivity contribution in [1.82, 2.24) is 15.5 Å². The van der Waals surface area contributed by atoms with Crippen molar-refractivity contribution in [3.05, 3.63) is 0 Å². The van der Waals surface area contributed by atoms with Crippen LogP contribution >= 0.6 is 12.2 Å². The summed E-state index contributed by atoms with van der Waals surface area (Å²) in [7, 11) is 2.20. The Kier molecular flexibility index (Phi) is 4.41. The molecule has 1 saturated carbocycles. The van der Waals surface area contributed by atoms with Crippen LogP contribution in [0, 0.1) is 0 Å². The third-order valence-electron chi connectivity index (χ3n) is 3.86. The average Bonchev–Trinajstić information content (AvgIpc) is 2.87. The maximum atomic E-state index is 5.32. The van der Waals surface area contributed by atoms with Gasteiger partial charge in [0.1, 0.15) is 0 Å². The molecule has 3 nitrogen and oxygen atoms in total. The van der Waals surface area contributed by atoms with Gasteiger partial charge in [-0.15, -0.1) is 0 Å². The van der Waals surface area contributed by atoms with E-state index in [0.717, 1.165) is 11.7 Å². The summed E-state index contributed by atoms with van der Waals surface area (Å²) < 4.78 is 0. The Morgan fingerprint density at radius 2 is 2.00 bits per heavy atom. The van der Waals surface area contributed by atoms with E-state index in [1.807, 2.05) is 0 Å². The second kappa shape index (κ2) is 5.82. The SMILES string of the molecule is CN1CCCC1CNC(=S)NC1CCCC1. The lowest BCUT2D eigenvalue weighted by molar-refractivity contribution is 0.310. The summed E-state index contributed by atoms with van der Waals surface area (Å²) in [6.07, 6.45) is 7.90. The minimum atomic E-state index is 0.626. The highest BCUT2D eigenvalue weighted by Crippen LogP contribution is 2.17. The van der Waals surface area contributed by atoms with E-state index in [1.54, 1.807) is 0 Å². The molecule has 0 radical (unpaired) electrons. The van der Waals surface area contributed by atoms with Crippen molar-refractivity contribution in [1.29, 1.82) is 0 Å². The lowest BCUT2D eigenvalue weighted by Crippen LogP contribution is -2.45. The van der Waals surface area contributed by atoms with Gasteiger partial charge in [-0.3, -0.25) is 0 Å². The number of nitrogens with zero attached hydrogens (tertiary/aromatic N) is 1. The smallest absolute Gasteiger partial charge is 0.166 e. The highest BCUT2D eigenvalue weighted by atomic mass is 32.1. The zero-order chi connectivity index (χ0) is 11.4. The topological polar surface area (TPSA) is 27.3 Å². The molecule has 0 aromatic rings. The molecule has 0 aromatic heterocycles. The molecule has 1 heterocycles. The van der Waals surface area contributed by atoms with Crippen LogP contribution in [-0.4, -0.2) is 42.2 Å². The van der Waals surface area contributed by atoms with Gasteiger partial charge in [0.2, 0.25) is 0 Å². The van der Waals surface area contributed by atoms with Crippen LogP contribution in [0.25, 0.3) is 0 Å². The molecule has 92 valence electrons. The van der Waals surface area contributed by atoms with E-state index in [-0.39, 0.29) is 0 Å². The highest BCUT2D eigenvalue weighted by molar-refractivity contribution is 7.80. The predicted molar refractivity (Wildman–Crippen MR) is 71.6 cm³/mol. The second-order valence-corrected chi connectivity index (χ2v) is 5.52. The molecule has 0 amide bonds. The lowest BCUT2D eigenvalue weighted by Gasteiger charge is -2.22. The van der Waals surface area contributed by atoms with E-state index >= 15 is 0 Å². The molecule has 0 spiro atoms. The number of hydrogen-bond donors (Lipinski definition) is 2. The zero-order valence-electron chi connectivity index (χ0n) is 10.2. The molecule has 1 atom stereocenters. The predicted octanol–water partition coefficient (Wildman–Crippen LogP) is 1.49. The standard InChI is InChI=1S/C12H23N3S/c1-15-8-4-7-11(15)9-13-12(16)14-10-5-2-3-6-10/h10-11H,2-9H2,1H3,(H2,13,14,16). The summed E-state index contributed by atoms with van der Waals surface area (Å²) in [6.45, 7) is 2.23. The Hall–Kier alpha value is -0.350. The maximum Gasteiger partial charge on any atom is 0.166 e. The first-order valence-electron chi connectivity index (χ1n) is 6.50. The Morgan fingerprint density at radius 3 is 2.62 bits per heavy atom. The van der Waals surface area contributed by atoms with Crippen molar-refractivity contribution in [2.75, 3.05) is 20.1 Å². The number of nitrogens with one attached hydrogen (secondary N) is 2. The fourth-order valence-corrected chi connectivity index (χ4v) is 3.00. The quantitative estimate of drug-likeness (QED) is 0.732. The third kappa shape index (κ3) is 3.32. The van der Waals surface area contributed by atoms with Crippen LogP contribution in [0.1, 0.15) is 38.5 Å². The van der Waals surface area contributed by atoms with Gasteiger partial charge in [-0.05, 0) is 51.5 Å². The Balaban J connectivity index is 1.63.